The van der Waals surface area contributed by atoms with Gasteiger partial charge in [0.25, 0.3) is 0 Å². The second kappa shape index (κ2) is 16.1. The maximum absolute atomic E-state index is 6.61. The molecule has 0 N–H and O–H groups in total. The summed E-state index contributed by atoms with van der Waals surface area (Å²) in [5.41, 5.74) is 15.8. The van der Waals surface area contributed by atoms with E-state index < -0.39 is 0 Å². The van der Waals surface area contributed by atoms with Gasteiger partial charge in [0.15, 0.2) is 11.6 Å². The lowest BCUT2D eigenvalue weighted by molar-refractivity contribution is 0.418. The number of rotatable bonds is 8. The number of hydrogen-bond acceptors (Lipinski definition) is 5. The first-order chi connectivity index (χ1) is 31.4. The van der Waals surface area contributed by atoms with Crippen LogP contribution in [0.4, 0.5) is 0 Å². The Kier molecular flexibility index (Phi) is 9.68. The Labute approximate surface area is 373 Å². The Morgan fingerprint density at radius 3 is 1.20 bits per heavy atom. The Morgan fingerprint density at radius 2 is 0.750 bits per heavy atom. The zero-order valence-corrected chi connectivity index (χ0v) is 35.3. The van der Waals surface area contributed by atoms with Gasteiger partial charge in [-0.1, -0.05) is 184 Å². The second-order valence-corrected chi connectivity index (χ2v) is 16.5. The van der Waals surface area contributed by atoms with Crippen LogP contribution in [-0.2, 0) is 5.41 Å². The van der Waals surface area contributed by atoms with Gasteiger partial charge in [0, 0.05) is 44.4 Å². The van der Waals surface area contributed by atoms with Gasteiger partial charge in [0.05, 0.1) is 28.3 Å². The van der Waals surface area contributed by atoms with E-state index in [1.54, 1.807) is 0 Å². The Balaban J connectivity index is 0.879. The van der Waals surface area contributed by atoms with E-state index in [1.807, 2.05) is 91.0 Å². The minimum Gasteiger partial charge on any atom is -0.457 e. The Hall–Kier alpha value is -8.46. The van der Waals surface area contributed by atoms with Crippen LogP contribution in [0.1, 0.15) is 25.0 Å². The molecule has 0 aliphatic carbocycles. The minimum atomic E-state index is -0.325. The molecule has 1 aliphatic heterocycles. The maximum atomic E-state index is 6.61. The molecule has 5 heteroatoms. The molecule has 0 unspecified atom stereocenters. The molecule has 0 bridgehead atoms. The highest BCUT2D eigenvalue weighted by molar-refractivity contribution is 5.78. The Morgan fingerprint density at radius 1 is 0.359 bits per heavy atom. The van der Waals surface area contributed by atoms with Gasteiger partial charge in [-0.15, -0.1) is 0 Å². The number of benzene rings is 7. The largest absolute Gasteiger partial charge is 0.457 e. The van der Waals surface area contributed by atoms with Crippen molar-refractivity contribution in [2.75, 3.05) is 0 Å². The fraction of sp³-hybridized carbons (Fsp3) is 0.0508. The average Bonchev–Trinajstić information content (AvgIpc) is 3.37. The van der Waals surface area contributed by atoms with Crippen LogP contribution in [0.25, 0.3) is 90.1 Å². The number of aromatic nitrogens is 4. The van der Waals surface area contributed by atoms with Gasteiger partial charge in [-0.05, 0) is 70.8 Å². The van der Waals surface area contributed by atoms with Crippen molar-refractivity contribution in [1.29, 1.82) is 0 Å². The number of fused-ring (bicyclic) bond motifs is 2. The standard InChI is InChI=1S/C59H40N4O/c1-59(2)49-35-47(39-23-27-43(28-24-39)53-37-51(41-15-7-3-8-16-41)60-57(62-53)45-19-11-5-12-20-45)31-33-55(49)64-56-34-32-48(36-50(56)59)40-25-29-44(30-26-40)54-38-52(42-17-9-4-10-18-42)61-58(63-54)46-21-13-6-14-22-46/h3-9,11-17,19-38H,1-2H3. The molecule has 3 heterocycles. The monoisotopic (exact) mass is 820 g/mol. The van der Waals surface area contributed by atoms with Crippen LogP contribution in [0.5, 0.6) is 11.5 Å². The van der Waals surface area contributed by atoms with Crippen molar-refractivity contribution >= 4 is 0 Å². The van der Waals surface area contributed by atoms with Gasteiger partial charge in [-0.2, -0.15) is 0 Å². The normalized spacial score (nSPS) is 12.3. The van der Waals surface area contributed by atoms with Gasteiger partial charge in [0.1, 0.15) is 11.5 Å². The molecule has 5 nitrogen and oxygen atoms in total. The van der Waals surface area contributed by atoms with Crippen LogP contribution in [0.2, 0.25) is 0 Å². The van der Waals surface area contributed by atoms with E-state index in [-0.39, 0.29) is 5.41 Å². The number of ether oxygens (including phenoxy) is 1. The topological polar surface area (TPSA) is 60.8 Å². The van der Waals surface area contributed by atoms with Crippen LogP contribution in [0.3, 0.4) is 0 Å². The lowest BCUT2D eigenvalue weighted by Gasteiger charge is -2.35. The van der Waals surface area contributed by atoms with Gasteiger partial charge in [-0.3, -0.25) is 0 Å². The SMILES string of the molecule is CC1(C)c2cc(-c3ccc(-c4cc(-c5c#cccc5)nc(-c5ccccc5)n4)cc3)ccc2Oc2ccc(-c3ccc(-c4cc(-c5ccccc5)nc(-c5ccccc5)n4)cc3)cc21. The molecule has 0 atom stereocenters. The smallest absolute Gasteiger partial charge is 0.160 e. The molecule has 0 spiro atoms. The molecule has 0 saturated heterocycles. The molecule has 64 heavy (non-hydrogen) atoms. The molecular weight excluding hydrogens is 781 g/mol. The van der Waals surface area contributed by atoms with Crippen molar-refractivity contribution in [3.05, 3.63) is 230 Å². The van der Waals surface area contributed by atoms with E-state index in [2.05, 4.69) is 141 Å². The molecule has 0 radical (unpaired) electrons. The van der Waals surface area contributed by atoms with Crippen molar-refractivity contribution in [3.63, 3.8) is 0 Å². The fourth-order valence-electron chi connectivity index (χ4n) is 8.52. The molecule has 8 aromatic carbocycles. The first-order valence-electron chi connectivity index (χ1n) is 21.4. The van der Waals surface area contributed by atoms with Gasteiger partial charge >= 0.3 is 0 Å². The van der Waals surface area contributed by atoms with Gasteiger partial charge in [-0.25, -0.2) is 19.9 Å². The van der Waals surface area contributed by atoms with Crippen molar-refractivity contribution in [2.24, 2.45) is 0 Å². The van der Waals surface area contributed by atoms with Crippen molar-refractivity contribution in [1.82, 2.24) is 19.9 Å². The molecule has 0 saturated carbocycles. The zero-order chi connectivity index (χ0) is 43.0. The third-order valence-electron chi connectivity index (χ3n) is 12.1. The molecule has 302 valence electrons. The summed E-state index contributed by atoms with van der Waals surface area (Å²) in [6.07, 6.45) is 0. The fourth-order valence-corrected chi connectivity index (χ4v) is 8.52. The minimum absolute atomic E-state index is 0.325. The highest BCUT2D eigenvalue weighted by Gasteiger charge is 2.35. The summed E-state index contributed by atoms with van der Waals surface area (Å²) in [5.74, 6) is 3.13. The predicted octanol–water partition coefficient (Wildman–Crippen LogP) is 14.6. The maximum Gasteiger partial charge on any atom is 0.160 e. The summed E-state index contributed by atoms with van der Waals surface area (Å²) in [6.45, 7) is 4.57. The molecule has 0 amide bonds. The summed E-state index contributed by atoms with van der Waals surface area (Å²) >= 11 is 0. The summed E-state index contributed by atoms with van der Waals surface area (Å²) < 4.78 is 6.61. The van der Waals surface area contributed by atoms with E-state index >= 15 is 0 Å². The van der Waals surface area contributed by atoms with E-state index in [4.69, 9.17) is 24.7 Å². The summed E-state index contributed by atoms with van der Waals surface area (Å²) in [6, 6.07) is 77.1. The first-order valence-corrected chi connectivity index (χ1v) is 21.4. The van der Waals surface area contributed by atoms with Crippen LogP contribution in [0, 0.1) is 12.1 Å². The van der Waals surface area contributed by atoms with Crippen molar-refractivity contribution < 1.29 is 4.74 Å². The quantitative estimate of drug-likeness (QED) is 0.153. The van der Waals surface area contributed by atoms with Crippen LogP contribution >= 0.6 is 0 Å². The molecule has 1 aliphatic rings. The average molecular weight is 821 g/mol. The van der Waals surface area contributed by atoms with Gasteiger partial charge < -0.3 is 4.74 Å². The molecule has 2 aromatic heterocycles. The lowest BCUT2D eigenvalue weighted by Crippen LogP contribution is -2.24. The van der Waals surface area contributed by atoms with E-state index in [9.17, 15) is 0 Å². The third kappa shape index (κ3) is 7.38. The highest BCUT2D eigenvalue weighted by Crippen LogP contribution is 2.50. The van der Waals surface area contributed by atoms with Crippen molar-refractivity contribution in [3.8, 4) is 102 Å². The van der Waals surface area contributed by atoms with E-state index in [0.717, 1.165) is 101 Å². The summed E-state index contributed by atoms with van der Waals surface area (Å²) in [4.78, 5) is 19.9. The van der Waals surface area contributed by atoms with Crippen LogP contribution < -0.4 is 4.74 Å². The lowest BCUT2D eigenvalue weighted by atomic mass is 9.74. The first kappa shape index (κ1) is 38.5. The summed E-state index contributed by atoms with van der Waals surface area (Å²) in [5, 5.41) is 0. The van der Waals surface area contributed by atoms with Crippen LogP contribution in [0.15, 0.2) is 206 Å². The van der Waals surface area contributed by atoms with Crippen LogP contribution in [-0.4, -0.2) is 19.9 Å². The molecule has 0 fully saturated rings. The Bertz CT molecular complexity index is 2940. The number of hydrogen-bond donors (Lipinski definition) is 0. The van der Waals surface area contributed by atoms with Gasteiger partial charge in [0.2, 0.25) is 0 Å². The second-order valence-electron chi connectivity index (χ2n) is 16.5. The van der Waals surface area contributed by atoms with Crippen molar-refractivity contribution in [2.45, 2.75) is 19.3 Å². The highest BCUT2D eigenvalue weighted by atomic mass is 16.5. The molecular formula is C59H40N4O. The zero-order valence-electron chi connectivity index (χ0n) is 35.3. The van der Waals surface area contributed by atoms with E-state index in [0.29, 0.717) is 11.6 Å². The predicted molar refractivity (Wildman–Crippen MR) is 257 cm³/mol. The summed E-state index contributed by atoms with van der Waals surface area (Å²) in [7, 11) is 0. The molecule has 10 aromatic rings. The van der Waals surface area contributed by atoms with E-state index in [1.165, 1.54) is 0 Å². The molecule has 11 rings (SSSR count). The third-order valence-corrected chi connectivity index (χ3v) is 12.1. The number of nitrogens with zero attached hydrogens (tertiary/aromatic N) is 4.